The Morgan fingerprint density at radius 2 is 1.88 bits per heavy atom. The van der Waals surface area contributed by atoms with E-state index in [1.807, 2.05) is 0 Å². The largest absolute Gasteiger partial charge is 0.466 e. The summed E-state index contributed by atoms with van der Waals surface area (Å²) in [6, 6.07) is 2.91. The highest BCUT2D eigenvalue weighted by Gasteiger charge is 2.20. The average molecular weight is 298 g/mol. The maximum atomic E-state index is 11.2. The van der Waals surface area contributed by atoms with Crippen LogP contribution in [0.4, 0.5) is 0 Å². The summed E-state index contributed by atoms with van der Waals surface area (Å²) in [5.74, 6) is -0.512. The highest BCUT2D eigenvalue weighted by Crippen LogP contribution is 2.34. The molecule has 0 saturated heterocycles. The van der Waals surface area contributed by atoms with Crippen molar-refractivity contribution in [1.29, 1.82) is 0 Å². The summed E-state index contributed by atoms with van der Waals surface area (Å²) >= 11 is 17.6. The monoisotopic (exact) mass is 296 g/mol. The second-order valence-electron chi connectivity index (χ2n) is 3.31. The first-order valence-electron chi connectivity index (χ1n) is 4.93. The highest BCUT2D eigenvalue weighted by atomic mass is 35.5. The molecule has 1 aromatic carbocycles. The van der Waals surface area contributed by atoms with Crippen LogP contribution >= 0.6 is 34.8 Å². The van der Waals surface area contributed by atoms with Gasteiger partial charge in [0.15, 0.2) is 0 Å². The Kier molecular flexibility index (Phi) is 5.53. The fourth-order valence-electron chi connectivity index (χ4n) is 1.35. The normalized spacial score (nSPS) is 12.3. The number of carbonyl (C=O) groups excluding carboxylic acids is 1. The molecule has 17 heavy (non-hydrogen) atoms. The third kappa shape index (κ3) is 4.03. The fraction of sp³-hybridized carbons (Fsp3) is 0.364. The van der Waals surface area contributed by atoms with E-state index in [1.165, 1.54) is 12.1 Å². The molecule has 1 rings (SSSR count). The Morgan fingerprint density at radius 1 is 1.35 bits per heavy atom. The van der Waals surface area contributed by atoms with Crippen molar-refractivity contribution in [2.45, 2.75) is 19.4 Å². The molecule has 0 spiro atoms. The van der Waals surface area contributed by atoms with E-state index in [2.05, 4.69) is 0 Å². The number of aliphatic hydroxyl groups is 1. The number of benzene rings is 1. The van der Waals surface area contributed by atoms with Gasteiger partial charge in [0.2, 0.25) is 0 Å². The van der Waals surface area contributed by atoms with Crippen molar-refractivity contribution < 1.29 is 14.6 Å². The van der Waals surface area contributed by atoms with Gasteiger partial charge in [-0.15, -0.1) is 0 Å². The summed E-state index contributed by atoms with van der Waals surface area (Å²) in [4.78, 5) is 11.2. The van der Waals surface area contributed by atoms with Crippen LogP contribution in [0, 0.1) is 0 Å². The zero-order chi connectivity index (χ0) is 13.0. The van der Waals surface area contributed by atoms with E-state index in [0.29, 0.717) is 5.02 Å². The van der Waals surface area contributed by atoms with Crippen LogP contribution in [0.2, 0.25) is 15.1 Å². The quantitative estimate of drug-likeness (QED) is 0.863. The molecule has 3 nitrogen and oxygen atoms in total. The molecule has 1 aromatic rings. The van der Waals surface area contributed by atoms with Crippen molar-refractivity contribution in [2.24, 2.45) is 0 Å². The average Bonchev–Trinajstić information content (AvgIpc) is 2.15. The van der Waals surface area contributed by atoms with E-state index in [0.717, 1.165) is 0 Å². The molecule has 1 N–H and O–H groups in total. The Bertz CT molecular complexity index is 397. The van der Waals surface area contributed by atoms with E-state index in [9.17, 15) is 9.90 Å². The Balaban J connectivity index is 2.89. The Hall–Kier alpha value is -0.480. The van der Waals surface area contributed by atoms with Crippen LogP contribution in [0.5, 0.6) is 0 Å². The smallest absolute Gasteiger partial charge is 0.308 e. The molecule has 1 atom stereocenters. The molecular formula is C11H11Cl3O3. The minimum Gasteiger partial charge on any atom is -0.466 e. The van der Waals surface area contributed by atoms with Crippen LogP contribution < -0.4 is 0 Å². The van der Waals surface area contributed by atoms with Gasteiger partial charge in [-0.2, -0.15) is 0 Å². The lowest BCUT2D eigenvalue weighted by atomic mass is 10.1. The van der Waals surface area contributed by atoms with Crippen molar-refractivity contribution in [3.05, 3.63) is 32.8 Å². The highest BCUT2D eigenvalue weighted by molar-refractivity contribution is 6.39. The number of carbonyl (C=O) groups is 1. The first-order valence-corrected chi connectivity index (χ1v) is 6.07. The number of esters is 1. The molecule has 0 amide bonds. The zero-order valence-corrected chi connectivity index (χ0v) is 11.3. The van der Waals surface area contributed by atoms with Crippen LogP contribution in [-0.4, -0.2) is 17.7 Å². The Labute approximate surface area is 114 Å². The first-order chi connectivity index (χ1) is 7.95. The van der Waals surface area contributed by atoms with Gasteiger partial charge in [0.1, 0.15) is 0 Å². The van der Waals surface area contributed by atoms with Crippen LogP contribution in [0.25, 0.3) is 0 Å². The second-order valence-corrected chi connectivity index (χ2v) is 4.56. The van der Waals surface area contributed by atoms with Gasteiger partial charge in [0, 0.05) is 20.6 Å². The molecule has 0 aliphatic rings. The minimum absolute atomic E-state index is 0.199. The van der Waals surface area contributed by atoms with Gasteiger partial charge >= 0.3 is 5.97 Å². The minimum atomic E-state index is -1.11. The number of aliphatic hydroxyl groups excluding tert-OH is 1. The van der Waals surface area contributed by atoms with Crippen molar-refractivity contribution in [1.82, 2.24) is 0 Å². The molecule has 0 fully saturated rings. The molecule has 0 heterocycles. The van der Waals surface area contributed by atoms with Crippen molar-refractivity contribution >= 4 is 40.8 Å². The molecule has 6 heteroatoms. The molecule has 0 aliphatic heterocycles. The van der Waals surface area contributed by atoms with E-state index < -0.39 is 12.1 Å². The van der Waals surface area contributed by atoms with E-state index in [4.69, 9.17) is 39.5 Å². The zero-order valence-electron chi connectivity index (χ0n) is 9.04. The van der Waals surface area contributed by atoms with Gasteiger partial charge in [-0.05, 0) is 19.1 Å². The standard InChI is InChI=1S/C11H11Cl3O3/c1-2-17-10(16)5-9(15)11-7(13)3-6(12)4-8(11)14/h3-4,9,15H,2,5H2,1H3. The molecule has 0 saturated carbocycles. The summed E-state index contributed by atoms with van der Waals surface area (Å²) in [6.07, 6.45) is -1.30. The summed E-state index contributed by atoms with van der Waals surface area (Å²) in [5.41, 5.74) is 0.283. The predicted octanol–water partition coefficient (Wildman–Crippen LogP) is 3.63. The van der Waals surface area contributed by atoms with Gasteiger partial charge in [-0.1, -0.05) is 34.8 Å². The summed E-state index contributed by atoms with van der Waals surface area (Å²) < 4.78 is 4.73. The van der Waals surface area contributed by atoms with Gasteiger partial charge < -0.3 is 9.84 Å². The van der Waals surface area contributed by atoms with Crippen LogP contribution in [0.1, 0.15) is 25.0 Å². The Morgan fingerprint density at radius 3 is 2.35 bits per heavy atom. The van der Waals surface area contributed by atoms with Crippen LogP contribution in [-0.2, 0) is 9.53 Å². The van der Waals surface area contributed by atoms with Gasteiger partial charge in [0.05, 0.1) is 19.1 Å². The molecule has 0 bridgehead atoms. The van der Waals surface area contributed by atoms with Crippen LogP contribution in [0.3, 0.4) is 0 Å². The van der Waals surface area contributed by atoms with Crippen molar-refractivity contribution in [2.75, 3.05) is 6.61 Å². The van der Waals surface area contributed by atoms with Crippen LogP contribution in [0.15, 0.2) is 12.1 Å². The molecule has 0 radical (unpaired) electrons. The number of hydrogen-bond acceptors (Lipinski definition) is 3. The van der Waals surface area contributed by atoms with E-state index in [1.54, 1.807) is 6.92 Å². The van der Waals surface area contributed by atoms with Crippen molar-refractivity contribution in [3.63, 3.8) is 0 Å². The third-order valence-electron chi connectivity index (χ3n) is 2.04. The summed E-state index contributed by atoms with van der Waals surface area (Å²) in [6.45, 7) is 1.94. The summed E-state index contributed by atoms with van der Waals surface area (Å²) in [7, 11) is 0. The molecule has 0 aliphatic carbocycles. The number of rotatable bonds is 4. The maximum absolute atomic E-state index is 11.2. The predicted molar refractivity (Wildman–Crippen MR) is 67.7 cm³/mol. The van der Waals surface area contributed by atoms with E-state index >= 15 is 0 Å². The van der Waals surface area contributed by atoms with Gasteiger partial charge in [-0.25, -0.2) is 0 Å². The molecule has 0 aromatic heterocycles. The lowest BCUT2D eigenvalue weighted by molar-refractivity contribution is -0.145. The lowest BCUT2D eigenvalue weighted by Gasteiger charge is -2.14. The van der Waals surface area contributed by atoms with Gasteiger partial charge in [-0.3, -0.25) is 4.79 Å². The lowest BCUT2D eigenvalue weighted by Crippen LogP contribution is -2.10. The molecule has 94 valence electrons. The maximum Gasteiger partial charge on any atom is 0.308 e. The summed E-state index contributed by atoms with van der Waals surface area (Å²) in [5, 5.41) is 10.7. The number of ether oxygens (including phenoxy) is 1. The second kappa shape index (κ2) is 6.45. The first kappa shape index (κ1) is 14.6. The van der Waals surface area contributed by atoms with E-state index in [-0.39, 0.29) is 28.6 Å². The topological polar surface area (TPSA) is 46.5 Å². The third-order valence-corrected chi connectivity index (χ3v) is 2.89. The number of hydrogen-bond donors (Lipinski definition) is 1. The molecule has 1 unspecified atom stereocenters. The molecular weight excluding hydrogens is 286 g/mol. The SMILES string of the molecule is CCOC(=O)CC(O)c1c(Cl)cc(Cl)cc1Cl. The van der Waals surface area contributed by atoms with Gasteiger partial charge in [0.25, 0.3) is 0 Å². The number of halogens is 3. The van der Waals surface area contributed by atoms with Crippen molar-refractivity contribution in [3.8, 4) is 0 Å². The fourth-order valence-corrected chi connectivity index (χ4v) is 2.42.